The third kappa shape index (κ3) is 3.46. The fourth-order valence-corrected chi connectivity index (χ4v) is 2.89. The van der Waals surface area contributed by atoms with Crippen molar-refractivity contribution in [1.82, 2.24) is 4.90 Å². The van der Waals surface area contributed by atoms with Crippen LogP contribution in [0.1, 0.15) is 18.4 Å². The Hall–Kier alpha value is -0.650. The van der Waals surface area contributed by atoms with Crippen molar-refractivity contribution in [3.63, 3.8) is 0 Å². The number of rotatable bonds is 4. The fraction of sp³-hybridized carbons (Fsp3) is 0.571. The SMILES string of the molecule is COc1ccc(F)c(Br)c1CN1CCC(OC)CC1. The van der Waals surface area contributed by atoms with Crippen LogP contribution in [-0.4, -0.2) is 38.3 Å². The standard InChI is InChI=1S/C14H19BrFNO2/c1-18-10-5-7-17(8-6-10)9-11-13(19-2)4-3-12(16)14(11)15/h3-4,10H,5-9H2,1-2H3. The van der Waals surface area contributed by atoms with E-state index in [-0.39, 0.29) is 5.82 Å². The minimum absolute atomic E-state index is 0.248. The normalized spacial score (nSPS) is 17.7. The predicted molar refractivity (Wildman–Crippen MR) is 76.0 cm³/mol. The van der Waals surface area contributed by atoms with E-state index in [0.29, 0.717) is 17.1 Å². The molecule has 5 heteroatoms. The molecule has 0 radical (unpaired) electrons. The number of halogens is 2. The zero-order chi connectivity index (χ0) is 13.8. The second-order valence-electron chi connectivity index (χ2n) is 4.75. The molecule has 3 nitrogen and oxygen atoms in total. The highest BCUT2D eigenvalue weighted by Gasteiger charge is 2.21. The first-order chi connectivity index (χ1) is 9.15. The average Bonchev–Trinajstić information content (AvgIpc) is 2.45. The Morgan fingerprint density at radius 2 is 2.00 bits per heavy atom. The Bertz CT molecular complexity index is 434. The van der Waals surface area contributed by atoms with Crippen molar-refractivity contribution >= 4 is 15.9 Å². The molecular formula is C14H19BrFNO2. The van der Waals surface area contributed by atoms with Crippen molar-refractivity contribution < 1.29 is 13.9 Å². The van der Waals surface area contributed by atoms with E-state index < -0.39 is 0 Å². The molecule has 0 bridgehead atoms. The van der Waals surface area contributed by atoms with Crippen molar-refractivity contribution in [3.8, 4) is 5.75 Å². The molecule has 1 saturated heterocycles. The zero-order valence-electron chi connectivity index (χ0n) is 11.3. The second-order valence-corrected chi connectivity index (χ2v) is 5.55. The van der Waals surface area contributed by atoms with Crippen molar-refractivity contribution in [3.05, 3.63) is 28.0 Å². The van der Waals surface area contributed by atoms with E-state index in [1.807, 2.05) is 0 Å². The molecule has 0 spiro atoms. The molecular weight excluding hydrogens is 313 g/mol. The van der Waals surface area contributed by atoms with Gasteiger partial charge in [-0.3, -0.25) is 4.90 Å². The second kappa shape index (κ2) is 6.68. The lowest BCUT2D eigenvalue weighted by Gasteiger charge is -2.31. The van der Waals surface area contributed by atoms with Gasteiger partial charge in [-0.1, -0.05) is 0 Å². The van der Waals surface area contributed by atoms with Crippen LogP contribution in [0.2, 0.25) is 0 Å². The topological polar surface area (TPSA) is 21.7 Å². The molecule has 1 aliphatic rings. The number of ether oxygens (including phenoxy) is 2. The lowest BCUT2D eigenvalue weighted by molar-refractivity contribution is 0.0386. The van der Waals surface area contributed by atoms with Crippen LogP contribution in [0.5, 0.6) is 5.75 Å². The summed E-state index contributed by atoms with van der Waals surface area (Å²) in [6.45, 7) is 2.62. The van der Waals surface area contributed by atoms with Gasteiger partial charge in [0.1, 0.15) is 11.6 Å². The number of likely N-dealkylation sites (tertiary alicyclic amines) is 1. The third-order valence-electron chi connectivity index (χ3n) is 3.62. The summed E-state index contributed by atoms with van der Waals surface area (Å²) < 4.78 is 24.8. The fourth-order valence-electron chi connectivity index (χ4n) is 2.44. The van der Waals surface area contributed by atoms with E-state index >= 15 is 0 Å². The minimum Gasteiger partial charge on any atom is -0.496 e. The minimum atomic E-state index is -0.248. The molecule has 0 aliphatic carbocycles. The summed E-state index contributed by atoms with van der Waals surface area (Å²) in [6, 6.07) is 3.10. The summed E-state index contributed by atoms with van der Waals surface area (Å²) in [6.07, 6.45) is 2.39. The molecule has 1 aliphatic heterocycles. The van der Waals surface area contributed by atoms with Crippen LogP contribution in [0.15, 0.2) is 16.6 Å². The molecule has 1 heterocycles. The van der Waals surface area contributed by atoms with Crippen LogP contribution in [0.25, 0.3) is 0 Å². The Morgan fingerprint density at radius 1 is 1.32 bits per heavy atom. The van der Waals surface area contributed by atoms with Gasteiger partial charge in [0, 0.05) is 32.3 Å². The largest absolute Gasteiger partial charge is 0.496 e. The zero-order valence-corrected chi connectivity index (χ0v) is 12.9. The van der Waals surface area contributed by atoms with E-state index in [2.05, 4.69) is 20.8 Å². The molecule has 0 N–H and O–H groups in total. The van der Waals surface area contributed by atoms with Crippen LogP contribution < -0.4 is 4.74 Å². The summed E-state index contributed by atoms with van der Waals surface area (Å²) in [7, 11) is 3.37. The quantitative estimate of drug-likeness (QED) is 0.845. The van der Waals surface area contributed by atoms with Gasteiger partial charge in [-0.05, 0) is 40.9 Å². The van der Waals surface area contributed by atoms with Crippen LogP contribution in [-0.2, 0) is 11.3 Å². The Labute approximate surface area is 121 Å². The molecule has 106 valence electrons. The van der Waals surface area contributed by atoms with Gasteiger partial charge in [-0.2, -0.15) is 0 Å². The molecule has 0 saturated carbocycles. The molecule has 1 aromatic carbocycles. The third-order valence-corrected chi connectivity index (χ3v) is 4.48. The van der Waals surface area contributed by atoms with E-state index in [1.54, 1.807) is 20.3 Å². The molecule has 2 rings (SSSR count). The Balaban J connectivity index is 2.09. The van der Waals surface area contributed by atoms with Gasteiger partial charge in [0.2, 0.25) is 0 Å². The van der Waals surface area contributed by atoms with Crippen molar-refractivity contribution in [2.75, 3.05) is 27.3 Å². The number of hydrogen-bond donors (Lipinski definition) is 0. The molecule has 0 amide bonds. The van der Waals surface area contributed by atoms with Crippen LogP contribution in [0.3, 0.4) is 0 Å². The van der Waals surface area contributed by atoms with E-state index in [0.717, 1.165) is 37.2 Å². The lowest BCUT2D eigenvalue weighted by Crippen LogP contribution is -2.36. The Morgan fingerprint density at radius 3 is 2.58 bits per heavy atom. The first-order valence-corrected chi connectivity index (χ1v) is 7.21. The van der Waals surface area contributed by atoms with E-state index in [9.17, 15) is 4.39 Å². The van der Waals surface area contributed by atoms with Gasteiger partial charge in [0.05, 0.1) is 17.7 Å². The number of hydrogen-bond acceptors (Lipinski definition) is 3. The predicted octanol–water partition coefficient (Wildman–Crippen LogP) is 3.21. The van der Waals surface area contributed by atoms with Gasteiger partial charge in [-0.15, -0.1) is 0 Å². The van der Waals surface area contributed by atoms with Gasteiger partial charge < -0.3 is 9.47 Å². The smallest absolute Gasteiger partial charge is 0.137 e. The highest BCUT2D eigenvalue weighted by Crippen LogP contribution is 2.31. The molecule has 0 atom stereocenters. The summed E-state index contributed by atoms with van der Waals surface area (Å²) in [5, 5.41) is 0. The first-order valence-electron chi connectivity index (χ1n) is 6.41. The summed E-state index contributed by atoms with van der Waals surface area (Å²) in [5.74, 6) is 0.477. The van der Waals surface area contributed by atoms with Crippen LogP contribution in [0, 0.1) is 5.82 Å². The lowest BCUT2D eigenvalue weighted by atomic mass is 10.1. The molecule has 1 aromatic rings. The van der Waals surface area contributed by atoms with Gasteiger partial charge in [0.15, 0.2) is 0 Å². The van der Waals surface area contributed by atoms with Gasteiger partial charge in [-0.25, -0.2) is 4.39 Å². The molecule has 0 aromatic heterocycles. The van der Waals surface area contributed by atoms with Crippen LogP contribution in [0.4, 0.5) is 4.39 Å². The van der Waals surface area contributed by atoms with Crippen molar-refractivity contribution in [2.45, 2.75) is 25.5 Å². The number of piperidine rings is 1. The molecule has 1 fully saturated rings. The average molecular weight is 332 g/mol. The maximum Gasteiger partial charge on any atom is 0.137 e. The Kier molecular flexibility index (Phi) is 5.19. The van der Waals surface area contributed by atoms with Gasteiger partial charge in [0.25, 0.3) is 0 Å². The van der Waals surface area contributed by atoms with Crippen molar-refractivity contribution in [2.24, 2.45) is 0 Å². The first kappa shape index (κ1) is 14.8. The van der Waals surface area contributed by atoms with E-state index in [1.165, 1.54) is 6.07 Å². The maximum atomic E-state index is 13.6. The van der Waals surface area contributed by atoms with Crippen molar-refractivity contribution in [1.29, 1.82) is 0 Å². The molecule has 19 heavy (non-hydrogen) atoms. The maximum absolute atomic E-state index is 13.6. The number of nitrogens with zero attached hydrogens (tertiary/aromatic N) is 1. The summed E-state index contributed by atoms with van der Waals surface area (Å²) in [4.78, 5) is 2.30. The highest BCUT2D eigenvalue weighted by atomic mass is 79.9. The summed E-state index contributed by atoms with van der Waals surface area (Å²) in [5.41, 5.74) is 0.873. The van der Waals surface area contributed by atoms with E-state index in [4.69, 9.17) is 9.47 Å². The summed E-state index contributed by atoms with van der Waals surface area (Å²) >= 11 is 3.32. The van der Waals surface area contributed by atoms with Gasteiger partial charge >= 0.3 is 0 Å². The number of methoxy groups -OCH3 is 2. The van der Waals surface area contributed by atoms with Crippen LogP contribution >= 0.6 is 15.9 Å². The highest BCUT2D eigenvalue weighted by molar-refractivity contribution is 9.10. The number of benzene rings is 1. The molecule has 0 unspecified atom stereocenters. The monoisotopic (exact) mass is 331 g/mol.